The van der Waals surface area contributed by atoms with Crippen molar-refractivity contribution >= 4 is 5.97 Å². The molecule has 0 heterocycles. The quantitative estimate of drug-likeness (QED) is 0.727. The van der Waals surface area contributed by atoms with Crippen LogP contribution in [0.5, 0.6) is 0 Å². The third-order valence-electron chi connectivity index (χ3n) is 5.12. The monoisotopic (exact) mass is 282 g/mol. The molecule has 20 heavy (non-hydrogen) atoms. The molecule has 2 aliphatic carbocycles. The number of ether oxygens (including phenoxy) is 1. The van der Waals surface area contributed by atoms with Gasteiger partial charge >= 0.3 is 5.97 Å². The summed E-state index contributed by atoms with van der Waals surface area (Å²) in [6, 6.07) is 1.10. The van der Waals surface area contributed by atoms with E-state index in [0.717, 1.165) is 32.2 Å². The van der Waals surface area contributed by atoms with E-state index in [2.05, 4.69) is 31.1 Å². The van der Waals surface area contributed by atoms with Crippen LogP contribution in [0.4, 0.5) is 0 Å². The number of hydrogen-bond donors (Lipinski definition) is 1. The van der Waals surface area contributed by atoms with Crippen molar-refractivity contribution in [3.05, 3.63) is 0 Å². The Bertz CT molecular complexity index is 341. The number of hydrogen-bond acceptors (Lipinski definition) is 4. The molecule has 0 radical (unpaired) electrons. The van der Waals surface area contributed by atoms with Crippen molar-refractivity contribution in [3.63, 3.8) is 0 Å². The lowest BCUT2D eigenvalue weighted by molar-refractivity contribution is -0.150. The summed E-state index contributed by atoms with van der Waals surface area (Å²) in [6.07, 6.45) is 6.69. The van der Waals surface area contributed by atoms with E-state index in [1.54, 1.807) is 0 Å². The first kappa shape index (κ1) is 15.8. The number of carbonyl (C=O) groups is 1. The Morgan fingerprint density at radius 1 is 1.40 bits per heavy atom. The van der Waals surface area contributed by atoms with Gasteiger partial charge in [0.05, 0.1) is 7.11 Å². The number of carbonyl (C=O) groups excluding carboxylic acids is 1. The van der Waals surface area contributed by atoms with Gasteiger partial charge < -0.3 is 9.64 Å². The van der Waals surface area contributed by atoms with E-state index >= 15 is 0 Å². The Labute approximate surface area is 123 Å². The molecular formula is C16H30N2O2. The minimum Gasteiger partial charge on any atom is -0.468 e. The number of rotatable bonds is 7. The Morgan fingerprint density at radius 3 is 2.65 bits per heavy atom. The predicted molar refractivity (Wildman–Crippen MR) is 80.6 cm³/mol. The summed E-state index contributed by atoms with van der Waals surface area (Å²) < 4.78 is 5.14. The zero-order valence-corrected chi connectivity index (χ0v) is 13.4. The van der Waals surface area contributed by atoms with E-state index in [4.69, 9.17) is 4.74 Å². The van der Waals surface area contributed by atoms with Gasteiger partial charge in [-0.15, -0.1) is 0 Å². The van der Waals surface area contributed by atoms with Crippen LogP contribution >= 0.6 is 0 Å². The summed E-state index contributed by atoms with van der Waals surface area (Å²) in [4.78, 5) is 14.7. The van der Waals surface area contributed by atoms with E-state index < -0.39 is 5.54 Å². The van der Waals surface area contributed by atoms with Crippen LogP contribution in [0, 0.1) is 5.92 Å². The van der Waals surface area contributed by atoms with E-state index in [-0.39, 0.29) is 5.97 Å². The van der Waals surface area contributed by atoms with Gasteiger partial charge in [0, 0.05) is 12.1 Å². The molecule has 2 rings (SSSR count). The number of nitrogens with one attached hydrogen (secondary N) is 1. The zero-order valence-electron chi connectivity index (χ0n) is 13.4. The second-order valence-electron chi connectivity index (χ2n) is 6.83. The highest BCUT2D eigenvalue weighted by Gasteiger charge is 2.51. The van der Waals surface area contributed by atoms with Crippen LogP contribution in [-0.2, 0) is 9.53 Å². The fourth-order valence-electron chi connectivity index (χ4n) is 3.38. The first-order valence-electron chi connectivity index (χ1n) is 8.06. The Hall–Kier alpha value is -0.610. The van der Waals surface area contributed by atoms with Crippen LogP contribution in [0.2, 0.25) is 0 Å². The lowest BCUT2D eigenvalue weighted by Crippen LogP contribution is -2.56. The predicted octanol–water partition coefficient (Wildman–Crippen LogP) is 2.18. The van der Waals surface area contributed by atoms with E-state index in [0.29, 0.717) is 18.0 Å². The van der Waals surface area contributed by atoms with Gasteiger partial charge in [0.1, 0.15) is 5.54 Å². The first-order chi connectivity index (χ1) is 9.49. The molecule has 0 aliphatic heterocycles. The second-order valence-corrected chi connectivity index (χ2v) is 6.83. The normalized spacial score (nSPS) is 30.2. The molecular weight excluding hydrogens is 252 g/mol. The molecule has 2 atom stereocenters. The molecule has 1 N–H and O–H groups in total. The van der Waals surface area contributed by atoms with Gasteiger partial charge in [0.15, 0.2) is 0 Å². The molecule has 0 aromatic carbocycles. The molecule has 4 nitrogen and oxygen atoms in total. The molecule has 0 saturated heterocycles. The fourth-order valence-corrected chi connectivity index (χ4v) is 3.38. The number of esters is 1. The van der Waals surface area contributed by atoms with Crippen molar-refractivity contribution in [2.75, 3.05) is 20.7 Å². The SMILES string of the molecule is COC(=O)C1(NC2CC2)CCCC1CCN(C)C(C)C. The third-order valence-corrected chi connectivity index (χ3v) is 5.12. The molecule has 0 amide bonds. The third kappa shape index (κ3) is 3.34. The molecule has 2 saturated carbocycles. The molecule has 2 aliphatic rings. The van der Waals surface area contributed by atoms with Crippen LogP contribution in [0.15, 0.2) is 0 Å². The highest BCUT2D eigenvalue weighted by atomic mass is 16.5. The Kier molecular flexibility index (Phi) is 5.08. The fraction of sp³-hybridized carbons (Fsp3) is 0.938. The van der Waals surface area contributed by atoms with E-state index in [9.17, 15) is 4.79 Å². The van der Waals surface area contributed by atoms with Crippen LogP contribution in [0.25, 0.3) is 0 Å². The van der Waals surface area contributed by atoms with Gasteiger partial charge in [0.2, 0.25) is 0 Å². The maximum atomic E-state index is 12.4. The van der Waals surface area contributed by atoms with Gasteiger partial charge in [-0.3, -0.25) is 10.1 Å². The summed E-state index contributed by atoms with van der Waals surface area (Å²) >= 11 is 0. The van der Waals surface area contributed by atoms with Crippen LogP contribution in [-0.4, -0.2) is 49.2 Å². The Morgan fingerprint density at radius 2 is 2.10 bits per heavy atom. The maximum Gasteiger partial charge on any atom is 0.326 e. The average molecular weight is 282 g/mol. The molecule has 116 valence electrons. The highest BCUT2D eigenvalue weighted by Crippen LogP contribution is 2.41. The van der Waals surface area contributed by atoms with Crippen LogP contribution < -0.4 is 5.32 Å². The lowest BCUT2D eigenvalue weighted by Gasteiger charge is -2.35. The van der Waals surface area contributed by atoms with Gasteiger partial charge in [-0.1, -0.05) is 6.42 Å². The van der Waals surface area contributed by atoms with Gasteiger partial charge in [-0.05, 0) is 65.5 Å². The highest BCUT2D eigenvalue weighted by molar-refractivity contribution is 5.81. The van der Waals surface area contributed by atoms with E-state index in [1.807, 2.05) is 0 Å². The zero-order chi connectivity index (χ0) is 14.8. The molecule has 0 aromatic heterocycles. The van der Waals surface area contributed by atoms with Crippen molar-refractivity contribution in [2.45, 2.75) is 70.0 Å². The summed E-state index contributed by atoms with van der Waals surface area (Å²) in [6.45, 7) is 5.47. The summed E-state index contributed by atoms with van der Waals surface area (Å²) in [5.41, 5.74) is -0.409. The summed E-state index contributed by atoms with van der Waals surface area (Å²) in [5.74, 6) is 0.371. The standard InChI is InChI=1S/C16H30N2O2/c1-12(2)18(3)11-9-13-6-5-10-16(13,15(19)20-4)17-14-7-8-14/h12-14,17H,5-11H2,1-4H3. The van der Waals surface area contributed by atoms with Gasteiger partial charge in [0.25, 0.3) is 0 Å². The van der Waals surface area contributed by atoms with Crippen LogP contribution in [0.1, 0.15) is 52.4 Å². The molecule has 2 unspecified atom stereocenters. The summed E-state index contributed by atoms with van der Waals surface area (Å²) in [7, 11) is 3.68. The molecule has 0 aromatic rings. The largest absolute Gasteiger partial charge is 0.468 e. The number of methoxy groups -OCH3 is 1. The van der Waals surface area contributed by atoms with Crippen molar-refractivity contribution in [2.24, 2.45) is 5.92 Å². The van der Waals surface area contributed by atoms with Crippen molar-refractivity contribution in [3.8, 4) is 0 Å². The molecule has 4 heteroatoms. The minimum absolute atomic E-state index is 0.0425. The second kappa shape index (κ2) is 6.44. The summed E-state index contributed by atoms with van der Waals surface area (Å²) in [5, 5.41) is 3.63. The van der Waals surface area contributed by atoms with Crippen molar-refractivity contribution in [1.82, 2.24) is 10.2 Å². The smallest absolute Gasteiger partial charge is 0.326 e. The topological polar surface area (TPSA) is 41.6 Å². The lowest BCUT2D eigenvalue weighted by atomic mass is 9.84. The molecule has 0 spiro atoms. The van der Waals surface area contributed by atoms with Gasteiger partial charge in [-0.25, -0.2) is 0 Å². The average Bonchev–Trinajstić information content (AvgIpc) is 3.14. The first-order valence-corrected chi connectivity index (χ1v) is 8.06. The Balaban J connectivity index is 2.02. The van der Waals surface area contributed by atoms with Gasteiger partial charge in [-0.2, -0.15) is 0 Å². The van der Waals surface area contributed by atoms with E-state index in [1.165, 1.54) is 20.0 Å². The van der Waals surface area contributed by atoms with Crippen LogP contribution in [0.3, 0.4) is 0 Å². The number of nitrogens with zero attached hydrogens (tertiary/aromatic N) is 1. The maximum absolute atomic E-state index is 12.4. The van der Waals surface area contributed by atoms with Crippen molar-refractivity contribution in [1.29, 1.82) is 0 Å². The minimum atomic E-state index is -0.409. The van der Waals surface area contributed by atoms with Crippen molar-refractivity contribution < 1.29 is 9.53 Å². The molecule has 2 fully saturated rings. The molecule has 0 bridgehead atoms.